The standard InChI is InChI=1S/C19H22FN5O2/c1-11-7-14(20)5-4-6-27-12(2)8-23-19(26)15-9-21-18-17(15)25-16(10-22-18)24-13(11)3/h4-5,7,9-10,12-13H,1,6,8H2,2-3H3,(H,21,22)(H,23,26)(H,24,25)/b5-4-,14-7+/t12-,13+/m0/s1. The quantitative estimate of drug-likeness (QED) is 0.662. The summed E-state index contributed by atoms with van der Waals surface area (Å²) >= 11 is 0. The average molecular weight is 371 g/mol. The highest BCUT2D eigenvalue weighted by atomic mass is 19.1. The number of rotatable bonds is 0. The lowest BCUT2D eigenvalue weighted by molar-refractivity contribution is 0.0769. The highest BCUT2D eigenvalue weighted by Gasteiger charge is 2.16. The molecule has 0 fully saturated rings. The molecule has 0 spiro atoms. The third-order valence-electron chi connectivity index (χ3n) is 4.17. The monoisotopic (exact) mass is 371 g/mol. The molecular weight excluding hydrogens is 349 g/mol. The molecule has 3 N–H and O–H groups in total. The van der Waals surface area contributed by atoms with Crippen molar-refractivity contribution in [2.24, 2.45) is 0 Å². The normalized spacial score (nSPS) is 25.4. The van der Waals surface area contributed by atoms with Crippen molar-refractivity contribution in [3.8, 4) is 0 Å². The van der Waals surface area contributed by atoms with Gasteiger partial charge in [0.05, 0.1) is 24.5 Å². The van der Waals surface area contributed by atoms with Crippen molar-refractivity contribution in [2.45, 2.75) is 26.0 Å². The van der Waals surface area contributed by atoms with Gasteiger partial charge >= 0.3 is 0 Å². The first-order chi connectivity index (χ1) is 12.9. The molecule has 1 aliphatic rings. The van der Waals surface area contributed by atoms with Gasteiger partial charge in [-0.1, -0.05) is 12.7 Å². The van der Waals surface area contributed by atoms with Gasteiger partial charge in [0.1, 0.15) is 17.2 Å². The predicted molar refractivity (Wildman–Crippen MR) is 102 cm³/mol. The summed E-state index contributed by atoms with van der Waals surface area (Å²) in [5.74, 6) is -0.222. The summed E-state index contributed by atoms with van der Waals surface area (Å²) in [6, 6.07) is -0.279. The van der Waals surface area contributed by atoms with E-state index in [1.165, 1.54) is 12.2 Å². The third kappa shape index (κ3) is 4.59. The topological polar surface area (TPSA) is 91.9 Å². The van der Waals surface area contributed by atoms with Gasteiger partial charge in [-0.25, -0.2) is 14.4 Å². The van der Waals surface area contributed by atoms with E-state index in [1.807, 2.05) is 13.8 Å². The third-order valence-corrected chi connectivity index (χ3v) is 4.17. The van der Waals surface area contributed by atoms with Gasteiger partial charge in [-0.05, 0) is 31.6 Å². The SMILES string of the molecule is C=C1/C=C(F)\C=C/CO[C@@H](C)CNC(=O)c2c[nH]c3ncc(nc23)N[C@@H]1C. The van der Waals surface area contributed by atoms with Gasteiger partial charge in [0.15, 0.2) is 5.65 Å². The van der Waals surface area contributed by atoms with E-state index < -0.39 is 5.83 Å². The summed E-state index contributed by atoms with van der Waals surface area (Å²) < 4.78 is 19.5. The van der Waals surface area contributed by atoms with Gasteiger partial charge in [-0.3, -0.25) is 4.79 Å². The second-order valence-corrected chi connectivity index (χ2v) is 6.38. The molecule has 1 amide bonds. The van der Waals surface area contributed by atoms with Crippen molar-refractivity contribution in [3.63, 3.8) is 0 Å². The smallest absolute Gasteiger partial charge is 0.255 e. The van der Waals surface area contributed by atoms with E-state index in [1.54, 1.807) is 18.5 Å². The second-order valence-electron chi connectivity index (χ2n) is 6.38. The van der Waals surface area contributed by atoms with E-state index in [0.717, 1.165) is 0 Å². The number of H-pyrrole nitrogens is 1. The van der Waals surface area contributed by atoms with Gasteiger partial charge < -0.3 is 20.4 Å². The molecule has 2 bridgehead atoms. The van der Waals surface area contributed by atoms with Gasteiger partial charge in [-0.15, -0.1) is 0 Å². The summed E-state index contributed by atoms with van der Waals surface area (Å²) in [4.78, 5) is 24.2. The fourth-order valence-corrected chi connectivity index (χ4v) is 2.57. The fourth-order valence-electron chi connectivity index (χ4n) is 2.57. The molecule has 2 atom stereocenters. The minimum atomic E-state index is -0.419. The Bertz CT molecular complexity index is 918. The molecule has 142 valence electrons. The van der Waals surface area contributed by atoms with Crippen LogP contribution in [0.3, 0.4) is 0 Å². The predicted octanol–water partition coefficient (Wildman–Crippen LogP) is 2.87. The number of nitrogens with zero attached hydrogens (tertiary/aromatic N) is 2. The van der Waals surface area contributed by atoms with Crippen molar-refractivity contribution in [2.75, 3.05) is 18.5 Å². The van der Waals surface area contributed by atoms with Crippen LogP contribution in [0.25, 0.3) is 11.2 Å². The molecule has 0 aliphatic carbocycles. The summed E-state index contributed by atoms with van der Waals surface area (Å²) in [5.41, 5.74) is 1.91. The number of aromatic nitrogens is 3. The van der Waals surface area contributed by atoms with Crippen LogP contribution in [0.1, 0.15) is 24.2 Å². The number of anilines is 1. The van der Waals surface area contributed by atoms with Gasteiger partial charge in [-0.2, -0.15) is 0 Å². The summed E-state index contributed by atoms with van der Waals surface area (Å²) in [6.07, 6.45) is 7.16. The largest absolute Gasteiger partial charge is 0.373 e. The Morgan fingerprint density at radius 3 is 3.00 bits per heavy atom. The number of hydrogen-bond donors (Lipinski definition) is 3. The van der Waals surface area contributed by atoms with E-state index >= 15 is 0 Å². The Kier molecular flexibility index (Phi) is 5.66. The maximum Gasteiger partial charge on any atom is 0.255 e. The van der Waals surface area contributed by atoms with E-state index in [9.17, 15) is 9.18 Å². The van der Waals surface area contributed by atoms with Gasteiger partial charge in [0, 0.05) is 18.8 Å². The van der Waals surface area contributed by atoms with E-state index in [0.29, 0.717) is 34.7 Å². The molecule has 8 heteroatoms. The minimum absolute atomic E-state index is 0.232. The van der Waals surface area contributed by atoms with Crippen molar-refractivity contribution in [3.05, 3.63) is 54.2 Å². The Morgan fingerprint density at radius 1 is 1.37 bits per heavy atom. The number of ether oxygens (including phenoxy) is 1. The van der Waals surface area contributed by atoms with Crippen LogP contribution in [0.4, 0.5) is 10.2 Å². The van der Waals surface area contributed by atoms with Crippen LogP contribution < -0.4 is 10.6 Å². The Hall–Kier alpha value is -3.00. The van der Waals surface area contributed by atoms with Gasteiger partial charge in [0.2, 0.25) is 0 Å². The average Bonchev–Trinajstić information content (AvgIpc) is 3.05. The number of carbonyl (C=O) groups excluding carboxylic acids is 1. The lowest BCUT2D eigenvalue weighted by atomic mass is 10.1. The van der Waals surface area contributed by atoms with Crippen molar-refractivity contribution in [1.82, 2.24) is 20.3 Å². The molecule has 1 aliphatic heterocycles. The maximum absolute atomic E-state index is 14.0. The Balaban J connectivity index is 1.94. The first-order valence-corrected chi connectivity index (χ1v) is 8.67. The molecule has 2 aromatic heterocycles. The molecule has 2 aromatic rings. The number of halogens is 1. The molecule has 0 unspecified atom stereocenters. The maximum atomic E-state index is 14.0. The number of amides is 1. The second kappa shape index (κ2) is 8.13. The zero-order chi connectivity index (χ0) is 19.4. The molecule has 0 saturated heterocycles. The van der Waals surface area contributed by atoms with Crippen molar-refractivity contribution >= 4 is 22.9 Å². The summed E-state index contributed by atoms with van der Waals surface area (Å²) in [7, 11) is 0. The summed E-state index contributed by atoms with van der Waals surface area (Å²) in [5, 5.41) is 5.93. The Morgan fingerprint density at radius 2 is 2.19 bits per heavy atom. The van der Waals surface area contributed by atoms with Crippen LogP contribution in [0.2, 0.25) is 0 Å². The number of nitrogens with one attached hydrogen (secondary N) is 3. The molecule has 3 heterocycles. The lowest BCUT2D eigenvalue weighted by Crippen LogP contribution is -2.32. The fraction of sp³-hybridized carbons (Fsp3) is 0.316. The highest BCUT2D eigenvalue weighted by molar-refractivity contribution is 6.04. The number of fused-ring (bicyclic) bond motifs is 1. The van der Waals surface area contributed by atoms with Crippen molar-refractivity contribution < 1.29 is 13.9 Å². The lowest BCUT2D eigenvalue weighted by Gasteiger charge is -2.14. The molecular formula is C19H22FN5O2. The molecule has 3 rings (SSSR count). The van der Waals surface area contributed by atoms with Crippen LogP contribution in [-0.4, -0.2) is 46.2 Å². The molecule has 0 aromatic carbocycles. The zero-order valence-corrected chi connectivity index (χ0v) is 15.3. The van der Waals surface area contributed by atoms with Crippen LogP contribution in [0.15, 0.2) is 48.6 Å². The minimum Gasteiger partial charge on any atom is -0.373 e. The van der Waals surface area contributed by atoms with E-state index in [-0.39, 0.29) is 24.7 Å². The summed E-state index contributed by atoms with van der Waals surface area (Å²) in [6.45, 7) is 8.11. The first-order valence-electron chi connectivity index (χ1n) is 8.67. The molecule has 7 nitrogen and oxygen atoms in total. The molecule has 0 saturated carbocycles. The van der Waals surface area contributed by atoms with Crippen LogP contribution in [0.5, 0.6) is 0 Å². The van der Waals surface area contributed by atoms with E-state index in [2.05, 4.69) is 32.2 Å². The van der Waals surface area contributed by atoms with Gasteiger partial charge in [0.25, 0.3) is 5.91 Å². The highest BCUT2D eigenvalue weighted by Crippen LogP contribution is 2.18. The van der Waals surface area contributed by atoms with Crippen molar-refractivity contribution in [1.29, 1.82) is 0 Å². The molecule has 0 radical (unpaired) electrons. The number of aromatic amines is 1. The van der Waals surface area contributed by atoms with Crippen LogP contribution in [0, 0.1) is 0 Å². The first kappa shape index (κ1) is 18.8. The number of carbonyl (C=O) groups is 1. The van der Waals surface area contributed by atoms with Crippen LogP contribution in [-0.2, 0) is 4.74 Å². The zero-order valence-electron chi connectivity index (χ0n) is 15.3. The number of hydrogen-bond acceptors (Lipinski definition) is 5. The Labute approximate surface area is 156 Å². The molecule has 27 heavy (non-hydrogen) atoms. The van der Waals surface area contributed by atoms with E-state index in [4.69, 9.17) is 4.74 Å². The number of allylic oxidation sites excluding steroid dienone is 2. The van der Waals surface area contributed by atoms with Crippen LogP contribution >= 0.6 is 0 Å².